The number of carbonyl (C=O) groups excluding carboxylic acids is 1. The van der Waals surface area contributed by atoms with Crippen LogP contribution in [0.25, 0.3) is 0 Å². The average Bonchev–Trinajstić information content (AvgIpc) is 2.92. The molecule has 0 aromatic carbocycles. The zero-order valence-corrected chi connectivity index (χ0v) is 25.8. The van der Waals surface area contributed by atoms with Crippen LogP contribution in [0.4, 0.5) is 0 Å². The molecule has 0 aromatic rings. The molecule has 0 fully saturated rings. The number of ether oxygens (including phenoxy) is 4. The van der Waals surface area contributed by atoms with Gasteiger partial charge in [0, 0.05) is 13.0 Å². The lowest BCUT2D eigenvalue weighted by Crippen LogP contribution is -2.14. The molecule has 0 spiro atoms. The van der Waals surface area contributed by atoms with Crippen LogP contribution in [0.5, 0.6) is 0 Å². The van der Waals surface area contributed by atoms with E-state index in [1.54, 1.807) is 0 Å². The molecule has 38 heavy (non-hydrogen) atoms. The topological polar surface area (TPSA) is 54.0 Å². The number of hydrogen-bond acceptors (Lipinski definition) is 5. The summed E-state index contributed by atoms with van der Waals surface area (Å²) in [7, 11) is 0. The Morgan fingerprint density at radius 3 is 1.11 bits per heavy atom. The summed E-state index contributed by atoms with van der Waals surface area (Å²) in [4.78, 5) is 11.8. The van der Waals surface area contributed by atoms with Crippen LogP contribution in [0, 0.1) is 0 Å². The van der Waals surface area contributed by atoms with Gasteiger partial charge in [0.1, 0.15) is 6.61 Å². The van der Waals surface area contributed by atoms with Crippen molar-refractivity contribution in [1.29, 1.82) is 0 Å². The summed E-state index contributed by atoms with van der Waals surface area (Å²) in [6.45, 7) is 8.46. The molecular weight excluding hydrogens is 476 g/mol. The zero-order chi connectivity index (χ0) is 27.6. The summed E-state index contributed by atoms with van der Waals surface area (Å²) in [5, 5.41) is 0. The van der Waals surface area contributed by atoms with Crippen molar-refractivity contribution in [1.82, 2.24) is 0 Å². The van der Waals surface area contributed by atoms with Crippen LogP contribution < -0.4 is 0 Å². The van der Waals surface area contributed by atoms with E-state index in [2.05, 4.69) is 13.8 Å². The smallest absolute Gasteiger partial charge is 0.305 e. The van der Waals surface area contributed by atoms with E-state index in [-0.39, 0.29) is 5.97 Å². The quantitative estimate of drug-likeness (QED) is 0.0610. The van der Waals surface area contributed by atoms with Crippen molar-refractivity contribution in [3.8, 4) is 0 Å². The lowest BCUT2D eigenvalue weighted by molar-refractivity contribution is -0.145. The van der Waals surface area contributed by atoms with E-state index < -0.39 is 0 Å². The SMILES string of the molecule is CCCCCCCCCCCCCCCOCCOCCOCCOC(=O)CCCCCCCCCCC. The number of hydrogen-bond donors (Lipinski definition) is 0. The molecule has 0 unspecified atom stereocenters. The predicted molar refractivity (Wildman–Crippen MR) is 161 cm³/mol. The molecule has 5 nitrogen and oxygen atoms in total. The first kappa shape index (κ1) is 37.4. The number of unbranched alkanes of at least 4 members (excludes halogenated alkanes) is 20. The van der Waals surface area contributed by atoms with Gasteiger partial charge in [0.15, 0.2) is 0 Å². The van der Waals surface area contributed by atoms with Gasteiger partial charge in [-0.25, -0.2) is 0 Å². The monoisotopic (exact) mass is 542 g/mol. The van der Waals surface area contributed by atoms with Gasteiger partial charge in [-0.3, -0.25) is 4.79 Å². The average molecular weight is 543 g/mol. The molecule has 0 aliphatic rings. The van der Waals surface area contributed by atoms with Gasteiger partial charge in [-0.2, -0.15) is 0 Å². The number of esters is 1. The summed E-state index contributed by atoms with van der Waals surface area (Å²) in [6, 6.07) is 0. The summed E-state index contributed by atoms with van der Waals surface area (Å²) in [6.07, 6.45) is 29.7. The molecule has 228 valence electrons. The van der Waals surface area contributed by atoms with Gasteiger partial charge in [-0.15, -0.1) is 0 Å². The molecule has 0 saturated heterocycles. The molecule has 0 rings (SSSR count). The molecule has 0 N–H and O–H groups in total. The first-order valence-electron chi connectivity index (χ1n) is 16.7. The van der Waals surface area contributed by atoms with Crippen molar-refractivity contribution in [2.45, 2.75) is 162 Å². The maximum atomic E-state index is 11.8. The van der Waals surface area contributed by atoms with Crippen LogP contribution in [0.15, 0.2) is 0 Å². The highest BCUT2D eigenvalue weighted by atomic mass is 16.6. The largest absolute Gasteiger partial charge is 0.463 e. The molecule has 0 radical (unpaired) electrons. The highest BCUT2D eigenvalue weighted by Crippen LogP contribution is 2.13. The van der Waals surface area contributed by atoms with Crippen LogP contribution in [-0.2, 0) is 23.7 Å². The van der Waals surface area contributed by atoms with E-state index in [1.165, 1.54) is 122 Å². The minimum Gasteiger partial charge on any atom is -0.463 e. The molecular formula is C33H66O5. The van der Waals surface area contributed by atoms with Gasteiger partial charge < -0.3 is 18.9 Å². The Balaban J connectivity index is 3.11. The Labute approximate surface area is 237 Å². The van der Waals surface area contributed by atoms with Crippen molar-refractivity contribution >= 4 is 5.97 Å². The highest BCUT2D eigenvalue weighted by molar-refractivity contribution is 5.69. The summed E-state index contributed by atoms with van der Waals surface area (Å²) < 4.78 is 21.9. The lowest BCUT2D eigenvalue weighted by Gasteiger charge is -2.08. The minimum atomic E-state index is -0.103. The molecule has 0 atom stereocenters. The van der Waals surface area contributed by atoms with Crippen molar-refractivity contribution in [2.75, 3.05) is 46.2 Å². The summed E-state index contributed by atoms with van der Waals surface area (Å²) >= 11 is 0. The first-order valence-corrected chi connectivity index (χ1v) is 16.7. The van der Waals surface area contributed by atoms with Gasteiger partial charge in [-0.1, -0.05) is 142 Å². The predicted octanol–water partition coefficient (Wildman–Crippen LogP) is 9.59. The van der Waals surface area contributed by atoms with Gasteiger partial charge in [-0.05, 0) is 12.8 Å². The van der Waals surface area contributed by atoms with E-state index in [1.807, 2.05) is 0 Å². The Hall–Kier alpha value is -0.650. The second-order valence-corrected chi connectivity index (χ2v) is 10.9. The molecule has 0 aromatic heterocycles. The molecule has 0 aliphatic carbocycles. The Bertz CT molecular complexity index is 443. The second-order valence-electron chi connectivity index (χ2n) is 10.9. The van der Waals surface area contributed by atoms with Crippen LogP contribution in [0.1, 0.15) is 162 Å². The zero-order valence-electron chi connectivity index (χ0n) is 25.8. The molecule has 5 heteroatoms. The Kier molecular flexibility index (Phi) is 33.8. The standard InChI is InChI=1S/C33H66O5/c1-3-5-7-9-11-13-14-15-16-18-20-22-24-26-35-27-28-36-29-30-37-31-32-38-33(34)25-23-21-19-17-12-10-8-6-4-2/h3-32H2,1-2H3. The third kappa shape index (κ3) is 33.4. The van der Waals surface area contributed by atoms with Gasteiger partial charge in [0.05, 0.1) is 33.0 Å². The summed E-state index contributed by atoms with van der Waals surface area (Å²) in [5.74, 6) is -0.103. The summed E-state index contributed by atoms with van der Waals surface area (Å²) in [5.41, 5.74) is 0. The maximum Gasteiger partial charge on any atom is 0.305 e. The normalized spacial score (nSPS) is 11.3. The third-order valence-electron chi connectivity index (χ3n) is 7.11. The lowest BCUT2D eigenvalue weighted by atomic mass is 10.0. The van der Waals surface area contributed by atoms with Crippen molar-refractivity contribution in [3.05, 3.63) is 0 Å². The third-order valence-corrected chi connectivity index (χ3v) is 7.11. The van der Waals surface area contributed by atoms with Crippen molar-refractivity contribution < 1.29 is 23.7 Å². The molecule has 0 bridgehead atoms. The van der Waals surface area contributed by atoms with Crippen molar-refractivity contribution in [3.63, 3.8) is 0 Å². The van der Waals surface area contributed by atoms with Crippen LogP contribution in [0.3, 0.4) is 0 Å². The second kappa shape index (κ2) is 34.4. The van der Waals surface area contributed by atoms with Crippen LogP contribution in [-0.4, -0.2) is 52.2 Å². The first-order chi connectivity index (χ1) is 18.8. The minimum absolute atomic E-state index is 0.103. The fourth-order valence-electron chi connectivity index (χ4n) is 4.63. The van der Waals surface area contributed by atoms with E-state index in [4.69, 9.17) is 18.9 Å². The van der Waals surface area contributed by atoms with Gasteiger partial charge in [0.2, 0.25) is 0 Å². The van der Waals surface area contributed by atoms with E-state index in [0.717, 1.165) is 25.9 Å². The highest BCUT2D eigenvalue weighted by Gasteiger charge is 2.02. The van der Waals surface area contributed by atoms with E-state index in [0.29, 0.717) is 46.1 Å². The van der Waals surface area contributed by atoms with E-state index in [9.17, 15) is 4.79 Å². The number of carbonyl (C=O) groups is 1. The molecule has 0 amide bonds. The van der Waals surface area contributed by atoms with Gasteiger partial charge >= 0.3 is 5.97 Å². The van der Waals surface area contributed by atoms with E-state index >= 15 is 0 Å². The Morgan fingerprint density at radius 1 is 0.368 bits per heavy atom. The molecule has 0 heterocycles. The maximum absolute atomic E-state index is 11.8. The Morgan fingerprint density at radius 2 is 0.684 bits per heavy atom. The van der Waals surface area contributed by atoms with Crippen LogP contribution in [0.2, 0.25) is 0 Å². The fraction of sp³-hybridized carbons (Fsp3) is 0.970. The van der Waals surface area contributed by atoms with Crippen molar-refractivity contribution in [2.24, 2.45) is 0 Å². The van der Waals surface area contributed by atoms with Crippen LogP contribution >= 0.6 is 0 Å². The van der Waals surface area contributed by atoms with Gasteiger partial charge in [0.25, 0.3) is 0 Å². The molecule has 0 saturated carbocycles. The fourth-order valence-corrected chi connectivity index (χ4v) is 4.63. The number of rotatable bonds is 33. The molecule has 0 aliphatic heterocycles.